The molecule has 4 rings (SSSR count). The molecule has 3 aromatic carbocycles. The Balaban J connectivity index is 1.60. The van der Waals surface area contributed by atoms with Gasteiger partial charge in [0.25, 0.3) is 0 Å². The lowest BCUT2D eigenvalue weighted by Gasteiger charge is -2.08. The normalized spacial score (nSPS) is 10.8. The van der Waals surface area contributed by atoms with Crippen LogP contribution in [0.25, 0.3) is 11.3 Å². The van der Waals surface area contributed by atoms with Crippen LogP contribution >= 0.6 is 23.5 Å². The van der Waals surface area contributed by atoms with Crippen molar-refractivity contribution in [1.82, 2.24) is 0 Å². The predicted octanol–water partition coefficient (Wildman–Crippen LogP) is 7.54. The molecule has 0 atom stereocenters. The molecular weight excluding hydrogens is 396 g/mol. The molecule has 146 valence electrons. The maximum atomic E-state index is 6.06. The zero-order chi connectivity index (χ0) is 19.9. The van der Waals surface area contributed by atoms with Crippen LogP contribution in [-0.4, -0.2) is 7.11 Å². The van der Waals surface area contributed by atoms with Crippen molar-refractivity contribution in [3.63, 3.8) is 0 Å². The Hall–Kier alpha value is -2.56. The van der Waals surface area contributed by atoms with Crippen molar-refractivity contribution in [2.24, 2.45) is 0 Å². The number of methoxy groups -OCH3 is 1. The summed E-state index contributed by atoms with van der Waals surface area (Å²) in [4.78, 5) is 2.53. The molecule has 4 aromatic rings. The lowest BCUT2D eigenvalue weighted by Crippen LogP contribution is -1.90. The van der Waals surface area contributed by atoms with Gasteiger partial charge >= 0.3 is 0 Å². The van der Waals surface area contributed by atoms with Crippen LogP contribution in [0.5, 0.6) is 5.75 Å². The van der Waals surface area contributed by atoms with Crippen molar-refractivity contribution < 1.29 is 9.15 Å². The van der Waals surface area contributed by atoms with Crippen LogP contribution in [0.4, 0.5) is 0 Å². The smallest absolute Gasteiger partial charge is 0.138 e. The molecular formula is C25H22O2S2. The molecule has 0 N–H and O–H groups in total. The first kappa shape index (κ1) is 19.7. The van der Waals surface area contributed by atoms with E-state index in [1.165, 1.54) is 20.9 Å². The van der Waals surface area contributed by atoms with E-state index in [1.807, 2.05) is 54.1 Å². The topological polar surface area (TPSA) is 22.4 Å². The molecule has 0 spiro atoms. The number of rotatable bonds is 8. The molecule has 2 nitrogen and oxygen atoms in total. The molecule has 0 aliphatic heterocycles. The second-order valence-electron chi connectivity index (χ2n) is 6.50. The molecule has 0 aliphatic rings. The van der Waals surface area contributed by atoms with Crippen LogP contribution in [0, 0.1) is 0 Å². The third-order valence-corrected chi connectivity index (χ3v) is 6.70. The zero-order valence-electron chi connectivity index (χ0n) is 16.2. The van der Waals surface area contributed by atoms with Gasteiger partial charge in [-0.3, -0.25) is 0 Å². The molecule has 0 fully saturated rings. The van der Waals surface area contributed by atoms with Crippen molar-refractivity contribution in [3.05, 3.63) is 102 Å². The first-order valence-electron chi connectivity index (χ1n) is 9.43. The van der Waals surface area contributed by atoms with E-state index in [0.717, 1.165) is 28.6 Å². The molecule has 0 saturated heterocycles. The summed E-state index contributed by atoms with van der Waals surface area (Å²) >= 11 is 3.67. The van der Waals surface area contributed by atoms with E-state index < -0.39 is 0 Å². The third-order valence-electron chi connectivity index (χ3n) is 4.60. The fourth-order valence-corrected chi connectivity index (χ4v) is 4.92. The van der Waals surface area contributed by atoms with Crippen molar-refractivity contribution in [3.8, 4) is 17.1 Å². The highest BCUT2D eigenvalue weighted by Gasteiger charge is 2.16. The summed E-state index contributed by atoms with van der Waals surface area (Å²) in [5.74, 6) is 3.54. The lowest BCUT2D eigenvalue weighted by atomic mass is 10.1. The summed E-state index contributed by atoms with van der Waals surface area (Å²) in [5, 5.41) is 0. The van der Waals surface area contributed by atoms with Crippen molar-refractivity contribution in [1.29, 1.82) is 0 Å². The van der Waals surface area contributed by atoms with Crippen molar-refractivity contribution in [2.75, 3.05) is 7.11 Å². The highest BCUT2D eigenvalue weighted by atomic mass is 32.2. The van der Waals surface area contributed by atoms with E-state index in [1.54, 1.807) is 7.11 Å². The first-order valence-corrected chi connectivity index (χ1v) is 11.4. The first-order chi connectivity index (χ1) is 14.3. The molecule has 1 aromatic heterocycles. The van der Waals surface area contributed by atoms with Gasteiger partial charge in [0.2, 0.25) is 0 Å². The van der Waals surface area contributed by atoms with Gasteiger partial charge in [-0.15, -0.1) is 23.5 Å². The van der Waals surface area contributed by atoms with Crippen molar-refractivity contribution in [2.45, 2.75) is 21.3 Å². The number of furan rings is 1. The minimum atomic E-state index is 0.848. The van der Waals surface area contributed by atoms with Gasteiger partial charge in [0, 0.05) is 38.0 Å². The number of benzene rings is 3. The summed E-state index contributed by atoms with van der Waals surface area (Å²) in [5.41, 5.74) is 3.57. The lowest BCUT2D eigenvalue weighted by molar-refractivity contribution is 0.415. The van der Waals surface area contributed by atoms with E-state index >= 15 is 0 Å². The van der Waals surface area contributed by atoms with Gasteiger partial charge in [0.05, 0.1) is 13.4 Å². The Morgan fingerprint density at radius 3 is 1.90 bits per heavy atom. The summed E-state index contributed by atoms with van der Waals surface area (Å²) in [7, 11) is 1.68. The van der Waals surface area contributed by atoms with Gasteiger partial charge in [-0.05, 0) is 48.5 Å². The molecule has 0 saturated carbocycles. The Labute approximate surface area is 180 Å². The Morgan fingerprint density at radius 1 is 0.724 bits per heavy atom. The quantitative estimate of drug-likeness (QED) is 0.276. The Kier molecular flexibility index (Phi) is 6.65. The Morgan fingerprint density at radius 2 is 1.31 bits per heavy atom. The van der Waals surface area contributed by atoms with Crippen molar-refractivity contribution >= 4 is 23.5 Å². The third kappa shape index (κ3) is 5.08. The van der Waals surface area contributed by atoms with Crippen LogP contribution in [0.2, 0.25) is 0 Å². The van der Waals surface area contributed by atoms with Crippen LogP contribution in [0.15, 0.2) is 105 Å². The van der Waals surface area contributed by atoms with Crippen LogP contribution in [0.1, 0.15) is 11.1 Å². The summed E-state index contributed by atoms with van der Waals surface area (Å²) in [6, 6.07) is 29.1. The fourth-order valence-electron chi connectivity index (χ4n) is 3.03. The van der Waals surface area contributed by atoms with Gasteiger partial charge in [-0.1, -0.05) is 36.4 Å². The van der Waals surface area contributed by atoms with E-state index in [2.05, 4.69) is 60.7 Å². The minimum absolute atomic E-state index is 0.848. The molecule has 0 amide bonds. The molecule has 0 aliphatic carbocycles. The Bertz CT molecular complexity index is 1030. The molecule has 4 heteroatoms. The fraction of sp³-hybridized carbons (Fsp3) is 0.120. The van der Waals surface area contributed by atoms with E-state index in [-0.39, 0.29) is 0 Å². The number of hydrogen-bond acceptors (Lipinski definition) is 4. The maximum absolute atomic E-state index is 6.06. The highest BCUT2D eigenvalue weighted by Crippen LogP contribution is 2.36. The minimum Gasteiger partial charge on any atom is -0.497 e. The maximum Gasteiger partial charge on any atom is 0.138 e. The van der Waals surface area contributed by atoms with E-state index in [9.17, 15) is 0 Å². The summed E-state index contributed by atoms with van der Waals surface area (Å²) < 4.78 is 11.4. The van der Waals surface area contributed by atoms with Crippen LogP contribution in [0.3, 0.4) is 0 Å². The van der Waals surface area contributed by atoms with E-state index in [4.69, 9.17) is 9.15 Å². The zero-order valence-corrected chi connectivity index (χ0v) is 17.8. The van der Waals surface area contributed by atoms with Gasteiger partial charge in [-0.25, -0.2) is 0 Å². The number of hydrogen-bond donors (Lipinski definition) is 0. The largest absolute Gasteiger partial charge is 0.497 e. The SMILES string of the molecule is COc1ccc(-c2occ(CSc3ccccc3)c2CSc2ccccc2)cc1. The van der Waals surface area contributed by atoms with E-state index in [0.29, 0.717) is 0 Å². The number of thioether (sulfide) groups is 2. The molecule has 0 unspecified atom stereocenters. The van der Waals surface area contributed by atoms with Gasteiger partial charge in [0.15, 0.2) is 0 Å². The monoisotopic (exact) mass is 418 g/mol. The summed E-state index contributed by atoms with van der Waals surface area (Å²) in [6.07, 6.45) is 1.91. The molecule has 1 heterocycles. The van der Waals surface area contributed by atoms with Gasteiger partial charge < -0.3 is 9.15 Å². The second-order valence-corrected chi connectivity index (χ2v) is 8.60. The molecule has 29 heavy (non-hydrogen) atoms. The van der Waals surface area contributed by atoms with Gasteiger partial charge in [-0.2, -0.15) is 0 Å². The average molecular weight is 419 g/mol. The van der Waals surface area contributed by atoms with Crippen LogP contribution < -0.4 is 4.74 Å². The van der Waals surface area contributed by atoms with Crippen LogP contribution in [-0.2, 0) is 11.5 Å². The number of ether oxygens (including phenoxy) is 1. The second kappa shape index (κ2) is 9.77. The standard InChI is InChI=1S/C25H22O2S2/c1-26-21-14-12-19(13-15-21)25-24(18-29-23-10-6-3-7-11-23)20(16-27-25)17-28-22-8-4-2-5-9-22/h2-16H,17-18H2,1H3. The molecule has 0 radical (unpaired) electrons. The molecule has 0 bridgehead atoms. The predicted molar refractivity (Wildman–Crippen MR) is 123 cm³/mol. The van der Waals surface area contributed by atoms with Gasteiger partial charge in [0.1, 0.15) is 11.5 Å². The highest BCUT2D eigenvalue weighted by molar-refractivity contribution is 7.99. The average Bonchev–Trinajstić information content (AvgIpc) is 3.20. The summed E-state index contributed by atoms with van der Waals surface area (Å²) in [6.45, 7) is 0.